The molecule has 42 heteroatoms. The average molecular weight is 1740 g/mol. The fraction of sp³-hybridized carbons (Fsp3) is 0.153. The topological polar surface area (TPSA) is 514 Å². The molecule has 1 fully saturated rings. The lowest BCUT2D eigenvalue weighted by Gasteiger charge is -2.13. The highest BCUT2D eigenvalue weighted by atomic mass is 32.1. The maximum atomic E-state index is 14.0. The van der Waals surface area contributed by atoms with Gasteiger partial charge in [0.25, 0.3) is 5.89 Å². The number of hydrogen-bond acceptors (Lipinski definition) is 33. The number of carbonyl (C=O) groups is 2. The number of halogens is 2. The number of oxazole rings is 1. The van der Waals surface area contributed by atoms with Crippen molar-refractivity contribution in [3.63, 3.8) is 0 Å². The van der Waals surface area contributed by atoms with Crippen LogP contribution >= 0.6 is 11.3 Å². The van der Waals surface area contributed by atoms with E-state index < -0.39 is 54.3 Å². The molecule has 1 saturated heterocycles. The molecule has 0 aliphatic carbocycles. The van der Waals surface area contributed by atoms with E-state index in [1.54, 1.807) is 126 Å². The Balaban J connectivity index is 0.000000138. The maximum absolute atomic E-state index is 14.0. The standard InChI is InChI=1S/C16H14BNO3.C15H12BFN2O3.C14H10BFN2O3.C14H16BN3O4.C13H12BN3O3S.C13H15BN2O4/c19-17(20)14-8-6-12(7-9-14)10-16-18-11-15(21-16)13-4-2-1-3-5-13;17-13-9-11(6-7-12(13)16(20)21)15-19-18-14(22-15)8-10-4-2-1-3-5-10;16-12-8-10(15(19)20)6-7-11(12)14-18-17-13(21-14)9-4-2-1-3-5-9;19-13-2-1-8-18(13)9-7-12-16-17-14(22-12)10-3-5-11(6-4-10)15(20)21;1-8-15-11(7-21-8)6-12-16-17-13(20-12)9-2-4-10(5-3-9)14(18)19;1-9(17)3-2-4-12-15-16-13(20-12)10-5-7-11(8-6-10)14(18)19/h1-9,11,19-20H,10H2;1-7,9,20-21H,8H2;1-8,19-20H;3-6,20-21H,1-2,7-9H2;2-5,7,18-19H,6H2,1H3;5-8,18-19H,2-4H2,1H3. The highest BCUT2D eigenvalue weighted by molar-refractivity contribution is 7.09. The van der Waals surface area contributed by atoms with Gasteiger partial charge in [-0.1, -0.05) is 152 Å². The fourth-order valence-electron chi connectivity index (χ4n) is 12.2. The van der Waals surface area contributed by atoms with Gasteiger partial charge in [-0.15, -0.1) is 62.3 Å². The molecule has 9 aromatic carbocycles. The third-order valence-corrected chi connectivity index (χ3v) is 19.7. The van der Waals surface area contributed by atoms with Crippen molar-refractivity contribution in [2.24, 2.45) is 0 Å². The quantitative estimate of drug-likeness (QED) is 0.0328. The van der Waals surface area contributed by atoms with Crippen LogP contribution in [0.5, 0.6) is 0 Å². The lowest BCUT2D eigenvalue weighted by Crippen LogP contribution is -2.32. The molecule has 642 valence electrons. The summed E-state index contributed by atoms with van der Waals surface area (Å²) in [6, 6.07) is 63.0. The maximum Gasteiger partial charge on any atom is 0.491 e. The summed E-state index contributed by atoms with van der Waals surface area (Å²) in [6.07, 6.45) is 7.11. The van der Waals surface area contributed by atoms with Gasteiger partial charge >= 0.3 is 42.7 Å². The molecule has 12 N–H and O–H groups in total. The Hall–Kier alpha value is -13.6. The van der Waals surface area contributed by atoms with E-state index in [-0.39, 0.29) is 45.9 Å². The van der Waals surface area contributed by atoms with Gasteiger partial charge < -0.3 is 96.5 Å². The molecular formula is C85H79B6F2N13O20S. The third kappa shape index (κ3) is 27.2. The summed E-state index contributed by atoms with van der Waals surface area (Å²) in [5.41, 5.74) is 8.84. The minimum Gasteiger partial charge on any atom is -0.440 e. The summed E-state index contributed by atoms with van der Waals surface area (Å²) >= 11 is 1.58. The molecular weight excluding hydrogens is 1660 g/mol. The van der Waals surface area contributed by atoms with Gasteiger partial charge in [-0.3, -0.25) is 4.79 Å². The molecule has 33 nitrogen and oxygen atoms in total. The highest BCUT2D eigenvalue weighted by Crippen LogP contribution is 2.28. The van der Waals surface area contributed by atoms with Crippen LogP contribution in [0.2, 0.25) is 0 Å². The van der Waals surface area contributed by atoms with Crippen molar-refractivity contribution in [1.29, 1.82) is 0 Å². The van der Waals surface area contributed by atoms with Crippen molar-refractivity contribution in [2.45, 2.75) is 71.6 Å². The number of rotatable bonds is 26. The van der Waals surface area contributed by atoms with E-state index in [4.69, 9.17) is 86.8 Å². The molecule has 7 aromatic heterocycles. The number of thiazole rings is 1. The number of ketones is 1. The number of nitrogens with zero attached hydrogens (tertiary/aromatic N) is 13. The number of aromatic nitrogens is 12. The fourth-order valence-corrected chi connectivity index (χ4v) is 12.8. The number of amides is 1. The number of benzene rings is 9. The Morgan fingerprint density at radius 1 is 0.417 bits per heavy atom. The summed E-state index contributed by atoms with van der Waals surface area (Å²) < 4.78 is 61.1. The normalized spacial score (nSPS) is 11.3. The second-order valence-corrected chi connectivity index (χ2v) is 29.3. The number of likely N-dealkylation sites (tertiary alicyclic amines) is 1. The Morgan fingerprint density at radius 2 is 0.843 bits per heavy atom. The van der Waals surface area contributed by atoms with Crippen LogP contribution in [0.25, 0.3) is 80.0 Å². The van der Waals surface area contributed by atoms with Crippen LogP contribution in [0.1, 0.15) is 83.9 Å². The Morgan fingerprint density at radius 3 is 1.32 bits per heavy atom. The van der Waals surface area contributed by atoms with Crippen molar-refractivity contribution in [3.8, 4) is 80.0 Å². The first kappa shape index (κ1) is 92.6. The zero-order valence-electron chi connectivity index (χ0n) is 67.9. The van der Waals surface area contributed by atoms with Crippen LogP contribution < -0.4 is 32.8 Å². The summed E-state index contributed by atoms with van der Waals surface area (Å²) in [5.74, 6) is 3.85. The zero-order valence-corrected chi connectivity index (χ0v) is 68.7. The van der Waals surface area contributed by atoms with Gasteiger partial charge in [0.2, 0.25) is 58.9 Å². The minimum atomic E-state index is -1.86. The van der Waals surface area contributed by atoms with Crippen LogP contribution in [0.3, 0.4) is 0 Å². The zero-order chi connectivity index (χ0) is 89.9. The largest absolute Gasteiger partial charge is 0.491 e. The molecule has 0 atom stereocenters. The number of Topliss-reactive ketones (excluding diaryl/α,β-unsaturated/α-hetero) is 1. The number of carbonyl (C=O) groups excluding carboxylic acids is 2. The van der Waals surface area contributed by atoms with Gasteiger partial charge in [0.05, 0.1) is 35.3 Å². The smallest absolute Gasteiger partial charge is 0.440 e. The average Bonchev–Trinajstić information content (AvgIpc) is 1.72. The van der Waals surface area contributed by atoms with E-state index in [1.807, 2.05) is 103 Å². The van der Waals surface area contributed by atoms with E-state index >= 15 is 0 Å². The number of aryl methyl sites for hydroxylation is 2. The van der Waals surface area contributed by atoms with E-state index in [0.717, 1.165) is 69.4 Å². The summed E-state index contributed by atoms with van der Waals surface area (Å²) in [4.78, 5) is 32.8. The molecule has 0 radical (unpaired) electrons. The highest BCUT2D eigenvalue weighted by Gasteiger charge is 2.25. The molecule has 1 amide bonds. The Bertz CT molecular complexity index is 6140. The van der Waals surface area contributed by atoms with Crippen molar-refractivity contribution in [2.75, 3.05) is 13.1 Å². The molecule has 0 bridgehead atoms. The molecule has 1 aliphatic rings. The van der Waals surface area contributed by atoms with E-state index in [2.05, 4.69) is 61.0 Å². The molecule has 127 heavy (non-hydrogen) atoms. The molecule has 8 heterocycles. The van der Waals surface area contributed by atoms with E-state index in [1.165, 1.54) is 24.3 Å². The van der Waals surface area contributed by atoms with Crippen molar-refractivity contribution in [1.82, 2.24) is 65.9 Å². The van der Waals surface area contributed by atoms with E-state index in [9.17, 15) is 18.4 Å². The van der Waals surface area contributed by atoms with Gasteiger partial charge in [0.15, 0.2) is 11.7 Å². The SMILES string of the molecule is CC(=O)CCCc1nnc(-c2ccc(B(O)O)cc2)o1.Cc1nc(Cc2nnc(-c3ccc(B(O)O)cc3)o2)cs1.O=C1CCCN1CCc1nnc(-c2ccc(B(O)O)cc2)o1.OB(O)c1ccc(-c2nnc(-c3ccccc3)o2)c(F)c1.OB(O)c1ccc(-c2nnc(Cc3ccccc3)o2)cc1F.OB(O)c1ccc(Cc2ncc(-c3ccccc3)o2)cc1. The van der Waals surface area contributed by atoms with Crippen molar-refractivity contribution in [3.05, 3.63) is 299 Å². The second-order valence-electron chi connectivity index (χ2n) is 28.3. The third-order valence-electron chi connectivity index (χ3n) is 18.9. The lowest BCUT2D eigenvalue weighted by molar-refractivity contribution is -0.127. The van der Waals surface area contributed by atoms with Gasteiger partial charge in [-0.05, 0) is 138 Å². The van der Waals surface area contributed by atoms with Crippen molar-refractivity contribution >= 4 is 98.5 Å². The van der Waals surface area contributed by atoms with Crippen LogP contribution in [0, 0.1) is 18.6 Å². The van der Waals surface area contributed by atoms with Gasteiger partial charge in [-0.25, -0.2) is 18.7 Å². The predicted molar refractivity (Wildman–Crippen MR) is 466 cm³/mol. The predicted octanol–water partition coefficient (Wildman–Crippen LogP) is 4.66. The molecule has 0 saturated carbocycles. The second kappa shape index (κ2) is 45.4. The molecule has 0 spiro atoms. The van der Waals surface area contributed by atoms with Crippen LogP contribution in [-0.4, -0.2) is 194 Å². The van der Waals surface area contributed by atoms with Gasteiger partial charge in [0.1, 0.15) is 17.4 Å². The van der Waals surface area contributed by atoms with Gasteiger partial charge in [-0.2, -0.15) is 0 Å². The molecule has 17 rings (SSSR count). The molecule has 0 unspecified atom stereocenters. The first-order valence-electron chi connectivity index (χ1n) is 39.4. The lowest BCUT2D eigenvalue weighted by atomic mass is 9.79. The van der Waals surface area contributed by atoms with Crippen LogP contribution in [-0.2, 0) is 41.7 Å². The Kier molecular flexibility index (Phi) is 33.1. The van der Waals surface area contributed by atoms with E-state index in [0.29, 0.717) is 144 Å². The van der Waals surface area contributed by atoms with Gasteiger partial charge in [0, 0.05) is 89.4 Å². The van der Waals surface area contributed by atoms with Crippen LogP contribution in [0.15, 0.2) is 263 Å². The van der Waals surface area contributed by atoms with Crippen LogP contribution in [0.4, 0.5) is 8.78 Å². The summed E-state index contributed by atoms with van der Waals surface area (Å²) in [5, 5.41) is 151. The summed E-state index contributed by atoms with van der Waals surface area (Å²) in [7, 11) is -9.49. The molecule has 1 aliphatic heterocycles. The monoisotopic (exact) mass is 1740 g/mol. The summed E-state index contributed by atoms with van der Waals surface area (Å²) in [6.45, 7) is 4.89. The molecule has 16 aromatic rings. The first-order valence-corrected chi connectivity index (χ1v) is 40.3. The minimum absolute atomic E-state index is 0.0327. The van der Waals surface area contributed by atoms with Crippen molar-refractivity contribution < 1.29 is 105 Å². The first-order chi connectivity index (χ1) is 61.3. The Labute approximate surface area is 729 Å². The number of hydrogen-bond donors (Lipinski definition) is 12.